The van der Waals surface area contributed by atoms with Crippen LogP contribution in [0.2, 0.25) is 0 Å². The van der Waals surface area contributed by atoms with Gasteiger partial charge in [0.15, 0.2) is 18.1 Å². The van der Waals surface area contributed by atoms with E-state index in [-0.39, 0.29) is 5.56 Å². The van der Waals surface area contributed by atoms with Gasteiger partial charge in [0.2, 0.25) is 5.75 Å². The molecule has 196 valence electrons. The molecule has 2 aromatic rings. The lowest BCUT2D eigenvalue weighted by molar-refractivity contribution is -0.119. The molecule has 0 aliphatic carbocycles. The smallest absolute Gasteiger partial charge is 0.338 e. The summed E-state index contributed by atoms with van der Waals surface area (Å²) in [7, 11) is 0. The van der Waals surface area contributed by atoms with Crippen molar-refractivity contribution in [2.45, 2.75) is 27.7 Å². The van der Waals surface area contributed by atoms with Crippen LogP contribution in [-0.4, -0.2) is 75.9 Å². The van der Waals surface area contributed by atoms with Crippen LogP contribution in [0.5, 0.6) is 17.2 Å². The average molecular weight is 500 g/mol. The maximum absolute atomic E-state index is 12.7. The summed E-state index contributed by atoms with van der Waals surface area (Å²) in [6.07, 6.45) is 0. The van der Waals surface area contributed by atoms with Gasteiger partial charge in [-0.1, -0.05) is 6.92 Å². The van der Waals surface area contributed by atoms with E-state index in [2.05, 4.69) is 22.0 Å². The van der Waals surface area contributed by atoms with Crippen molar-refractivity contribution in [2.24, 2.45) is 0 Å². The maximum atomic E-state index is 12.7. The molecule has 1 fully saturated rings. The number of esters is 1. The maximum Gasteiger partial charge on any atom is 0.338 e. The van der Waals surface area contributed by atoms with Crippen LogP contribution in [0.1, 0.15) is 38.1 Å². The van der Waals surface area contributed by atoms with Gasteiger partial charge < -0.3 is 34.1 Å². The molecule has 1 aliphatic rings. The highest BCUT2D eigenvalue weighted by Crippen LogP contribution is 2.39. The summed E-state index contributed by atoms with van der Waals surface area (Å²) in [5.74, 6) is 0.132. The zero-order chi connectivity index (χ0) is 25.9. The second kappa shape index (κ2) is 13.6. The van der Waals surface area contributed by atoms with Crippen LogP contribution in [0.3, 0.4) is 0 Å². The third kappa shape index (κ3) is 7.27. The van der Waals surface area contributed by atoms with E-state index >= 15 is 0 Å². The van der Waals surface area contributed by atoms with Crippen LogP contribution in [-0.2, 0) is 9.53 Å². The van der Waals surface area contributed by atoms with Gasteiger partial charge in [0, 0.05) is 37.6 Å². The number of carbonyl (C=O) groups is 2. The first-order valence-corrected chi connectivity index (χ1v) is 12.6. The molecule has 9 nitrogen and oxygen atoms in total. The molecule has 0 unspecified atom stereocenters. The predicted molar refractivity (Wildman–Crippen MR) is 140 cm³/mol. The number of rotatable bonds is 12. The molecule has 0 bridgehead atoms. The fraction of sp³-hybridized carbons (Fsp3) is 0.481. The number of carbonyl (C=O) groups excluding carboxylic acids is 2. The largest absolute Gasteiger partial charge is 0.490 e. The number of hydrogen-bond donors (Lipinski definition) is 1. The van der Waals surface area contributed by atoms with Crippen molar-refractivity contribution in [2.75, 3.05) is 69.4 Å². The van der Waals surface area contributed by atoms with E-state index in [1.807, 2.05) is 45.0 Å². The summed E-state index contributed by atoms with van der Waals surface area (Å²) < 4.78 is 22.2. The lowest BCUT2D eigenvalue weighted by atomic mass is 10.2. The van der Waals surface area contributed by atoms with Gasteiger partial charge in [0.1, 0.15) is 0 Å². The molecule has 0 radical (unpaired) electrons. The Morgan fingerprint density at radius 3 is 1.94 bits per heavy atom. The number of nitrogens with one attached hydrogen (secondary N) is 1. The van der Waals surface area contributed by atoms with Crippen LogP contribution in [0.25, 0.3) is 0 Å². The summed E-state index contributed by atoms with van der Waals surface area (Å²) in [6.45, 7) is 13.6. The second-order valence-corrected chi connectivity index (χ2v) is 8.19. The number of ether oxygens (including phenoxy) is 4. The summed E-state index contributed by atoms with van der Waals surface area (Å²) in [5, 5.41) is 2.77. The summed E-state index contributed by atoms with van der Waals surface area (Å²) in [6, 6.07) is 10.8. The van der Waals surface area contributed by atoms with Crippen molar-refractivity contribution >= 4 is 23.3 Å². The van der Waals surface area contributed by atoms with Gasteiger partial charge in [0.05, 0.1) is 25.4 Å². The highest BCUT2D eigenvalue weighted by atomic mass is 16.5. The molecule has 1 aliphatic heterocycles. The zero-order valence-corrected chi connectivity index (χ0v) is 21.7. The van der Waals surface area contributed by atoms with Crippen molar-refractivity contribution in [1.29, 1.82) is 0 Å². The molecule has 1 N–H and O–H groups in total. The first-order chi connectivity index (χ1) is 17.5. The minimum atomic E-state index is -0.656. The number of amides is 1. The van der Waals surface area contributed by atoms with E-state index in [1.54, 1.807) is 0 Å². The second-order valence-electron chi connectivity index (χ2n) is 8.19. The van der Waals surface area contributed by atoms with Crippen molar-refractivity contribution < 1.29 is 28.5 Å². The summed E-state index contributed by atoms with van der Waals surface area (Å²) >= 11 is 0. The standard InChI is InChI=1S/C27H37N3O6/c1-5-29-13-15-30(16-14-29)22-11-9-21(10-12-22)28-25(31)19-36-27(32)20-17-23(33-6-2)26(35-8-4)24(18-20)34-7-3/h9-12,17-18H,5-8,13-16,19H2,1-4H3,(H,28,31). The monoisotopic (exact) mass is 499 g/mol. The number of hydrogen-bond acceptors (Lipinski definition) is 8. The Balaban J connectivity index is 1.57. The Morgan fingerprint density at radius 1 is 0.833 bits per heavy atom. The number of piperazine rings is 1. The molecular weight excluding hydrogens is 462 g/mol. The predicted octanol–water partition coefficient (Wildman–Crippen LogP) is 3.82. The fourth-order valence-corrected chi connectivity index (χ4v) is 4.00. The molecule has 1 saturated heterocycles. The van der Waals surface area contributed by atoms with E-state index in [0.29, 0.717) is 42.8 Å². The first kappa shape index (κ1) is 27.1. The molecule has 0 spiro atoms. The van der Waals surface area contributed by atoms with Gasteiger partial charge in [-0.25, -0.2) is 4.79 Å². The van der Waals surface area contributed by atoms with Crippen molar-refractivity contribution in [3.8, 4) is 17.2 Å². The Bertz CT molecular complexity index is 976. The van der Waals surface area contributed by atoms with Gasteiger partial charge in [-0.2, -0.15) is 0 Å². The number of nitrogens with zero attached hydrogens (tertiary/aromatic N) is 2. The lowest BCUT2D eigenvalue weighted by Gasteiger charge is -2.35. The molecule has 36 heavy (non-hydrogen) atoms. The molecule has 2 aromatic carbocycles. The normalized spacial score (nSPS) is 13.7. The summed E-state index contributed by atoms with van der Waals surface area (Å²) in [4.78, 5) is 29.9. The van der Waals surface area contributed by atoms with E-state index in [4.69, 9.17) is 18.9 Å². The number of benzene rings is 2. The zero-order valence-electron chi connectivity index (χ0n) is 21.7. The molecule has 0 atom stereocenters. The van der Waals surface area contributed by atoms with Crippen LogP contribution in [0.4, 0.5) is 11.4 Å². The molecular formula is C27H37N3O6. The molecule has 1 heterocycles. The Kier molecular flexibility index (Phi) is 10.2. The minimum absolute atomic E-state index is 0.214. The quantitative estimate of drug-likeness (QED) is 0.441. The topological polar surface area (TPSA) is 89.6 Å². The number of likely N-dealkylation sites (N-methyl/N-ethyl adjacent to an activating group) is 1. The number of anilines is 2. The van der Waals surface area contributed by atoms with Gasteiger partial charge in [-0.05, 0) is 63.7 Å². The molecule has 9 heteroatoms. The average Bonchev–Trinajstić information content (AvgIpc) is 2.89. The van der Waals surface area contributed by atoms with Gasteiger partial charge in [0.25, 0.3) is 5.91 Å². The van der Waals surface area contributed by atoms with Gasteiger partial charge in [-0.3, -0.25) is 4.79 Å². The first-order valence-electron chi connectivity index (χ1n) is 12.6. The fourth-order valence-electron chi connectivity index (χ4n) is 4.00. The molecule has 0 saturated carbocycles. The highest BCUT2D eigenvalue weighted by Gasteiger charge is 2.20. The molecule has 3 rings (SSSR count). The Morgan fingerprint density at radius 2 is 1.42 bits per heavy atom. The van der Waals surface area contributed by atoms with Crippen molar-refractivity contribution in [3.63, 3.8) is 0 Å². The third-order valence-corrected chi connectivity index (χ3v) is 5.81. The van der Waals surface area contributed by atoms with E-state index in [0.717, 1.165) is 38.4 Å². The van der Waals surface area contributed by atoms with E-state index < -0.39 is 18.5 Å². The van der Waals surface area contributed by atoms with Crippen molar-refractivity contribution in [1.82, 2.24) is 4.90 Å². The molecule has 0 aromatic heterocycles. The van der Waals surface area contributed by atoms with Crippen molar-refractivity contribution in [3.05, 3.63) is 42.0 Å². The lowest BCUT2D eigenvalue weighted by Crippen LogP contribution is -2.46. The van der Waals surface area contributed by atoms with Crippen LogP contribution < -0.4 is 24.4 Å². The summed E-state index contributed by atoms with van der Waals surface area (Å²) in [5.41, 5.74) is 1.98. The van der Waals surface area contributed by atoms with Crippen LogP contribution >= 0.6 is 0 Å². The minimum Gasteiger partial charge on any atom is -0.490 e. The van der Waals surface area contributed by atoms with Gasteiger partial charge >= 0.3 is 5.97 Å². The van der Waals surface area contributed by atoms with Gasteiger partial charge in [-0.15, -0.1) is 0 Å². The Labute approximate surface area is 213 Å². The van der Waals surface area contributed by atoms with Crippen LogP contribution in [0, 0.1) is 0 Å². The molecule has 1 amide bonds. The highest BCUT2D eigenvalue weighted by molar-refractivity contribution is 5.96. The van der Waals surface area contributed by atoms with E-state index in [9.17, 15) is 9.59 Å². The SMILES string of the molecule is CCOc1cc(C(=O)OCC(=O)Nc2ccc(N3CCN(CC)CC3)cc2)cc(OCC)c1OCC. The van der Waals surface area contributed by atoms with E-state index in [1.165, 1.54) is 12.1 Å². The third-order valence-electron chi connectivity index (χ3n) is 5.81. The Hall–Kier alpha value is -3.46. The van der Waals surface area contributed by atoms with Crippen LogP contribution in [0.15, 0.2) is 36.4 Å².